The highest BCUT2D eigenvalue weighted by Crippen LogP contribution is 2.16. The minimum Gasteiger partial charge on any atom is -0.306 e. The van der Waals surface area contributed by atoms with E-state index in [1.54, 1.807) is 6.07 Å². The van der Waals surface area contributed by atoms with Crippen LogP contribution in [-0.4, -0.2) is 23.4 Å². The van der Waals surface area contributed by atoms with Gasteiger partial charge in [0.1, 0.15) is 5.01 Å². The van der Waals surface area contributed by atoms with E-state index in [2.05, 4.69) is 19.7 Å². The van der Waals surface area contributed by atoms with Gasteiger partial charge >= 0.3 is 5.69 Å². The quantitative estimate of drug-likeness (QED) is 0.668. The van der Waals surface area contributed by atoms with E-state index in [4.69, 9.17) is 0 Å². The Balaban J connectivity index is 1.86. The van der Waals surface area contributed by atoms with Gasteiger partial charge in [0.05, 0.1) is 22.5 Å². The maximum atomic E-state index is 12.2. The summed E-state index contributed by atoms with van der Waals surface area (Å²) in [5.74, 6) is 0. The highest BCUT2D eigenvalue weighted by Gasteiger charge is 2.15. The largest absolute Gasteiger partial charge is 0.323 e. The number of aromatic nitrogens is 3. The number of fused-ring (bicyclic) bond motifs is 1. The van der Waals surface area contributed by atoms with Gasteiger partial charge in [-0.1, -0.05) is 0 Å². The Hall–Kier alpha value is -1.97. The standard InChI is InChI=1S/C12H12N4O3S2/c1-7-6-20-11(14-7)5-13-21(18,19)8-2-3-9-10(4-8)16-12(17)15-9/h2-4,6,13H,5H2,1H3,(H2,15,16,17). The number of imidazole rings is 1. The molecule has 0 saturated carbocycles. The predicted octanol–water partition coefficient (Wildman–Crippen LogP) is 1.10. The fourth-order valence-electron chi connectivity index (χ4n) is 1.90. The molecule has 7 nitrogen and oxygen atoms in total. The number of sulfonamides is 1. The first-order valence-electron chi connectivity index (χ1n) is 6.07. The number of rotatable bonds is 4. The smallest absolute Gasteiger partial charge is 0.306 e. The van der Waals surface area contributed by atoms with E-state index >= 15 is 0 Å². The molecule has 0 bridgehead atoms. The van der Waals surface area contributed by atoms with Crippen molar-refractivity contribution in [3.8, 4) is 0 Å². The number of hydrogen-bond acceptors (Lipinski definition) is 5. The van der Waals surface area contributed by atoms with Gasteiger partial charge in [-0.25, -0.2) is 22.9 Å². The summed E-state index contributed by atoms with van der Waals surface area (Å²) in [6.07, 6.45) is 0. The molecule has 0 saturated heterocycles. The molecule has 110 valence electrons. The molecule has 3 N–H and O–H groups in total. The number of hydrogen-bond donors (Lipinski definition) is 3. The summed E-state index contributed by atoms with van der Waals surface area (Å²) < 4.78 is 26.9. The van der Waals surface area contributed by atoms with Gasteiger partial charge in [-0.3, -0.25) is 0 Å². The summed E-state index contributed by atoms with van der Waals surface area (Å²) >= 11 is 1.40. The maximum absolute atomic E-state index is 12.2. The van der Waals surface area contributed by atoms with Crippen LogP contribution in [0.15, 0.2) is 33.3 Å². The normalized spacial score (nSPS) is 12.0. The van der Waals surface area contributed by atoms with Crippen molar-refractivity contribution in [2.75, 3.05) is 0 Å². The van der Waals surface area contributed by atoms with Crippen LogP contribution < -0.4 is 10.4 Å². The Kier molecular flexibility index (Phi) is 3.40. The van der Waals surface area contributed by atoms with E-state index < -0.39 is 10.0 Å². The van der Waals surface area contributed by atoms with Gasteiger partial charge in [0.25, 0.3) is 0 Å². The third-order valence-electron chi connectivity index (χ3n) is 2.88. The Morgan fingerprint density at radius 1 is 1.29 bits per heavy atom. The molecular formula is C12H12N4O3S2. The topological polar surface area (TPSA) is 108 Å². The van der Waals surface area contributed by atoms with E-state index in [9.17, 15) is 13.2 Å². The van der Waals surface area contributed by atoms with Crippen molar-refractivity contribution in [2.45, 2.75) is 18.4 Å². The molecular weight excluding hydrogens is 312 g/mol. The highest BCUT2D eigenvalue weighted by molar-refractivity contribution is 7.89. The van der Waals surface area contributed by atoms with Crippen LogP contribution in [0.25, 0.3) is 11.0 Å². The first-order chi connectivity index (χ1) is 9.94. The lowest BCUT2D eigenvalue weighted by Gasteiger charge is -2.05. The number of benzene rings is 1. The monoisotopic (exact) mass is 324 g/mol. The van der Waals surface area contributed by atoms with Crippen LogP contribution in [0.1, 0.15) is 10.7 Å². The number of aryl methyl sites for hydroxylation is 1. The molecule has 0 aliphatic carbocycles. The number of nitrogens with one attached hydrogen (secondary N) is 3. The molecule has 0 unspecified atom stereocenters. The zero-order chi connectivity index (χ0) is 15.0. The zero-order valence-corrected chi connectivity index (χ0v) is 12.6. The molecule has 2 aromatic heterocycles. The van der Waals surface area contributed by atoms with Crippen LogP contribution in [0, 0.1) is 6.92 Å². The van der Waals surface area contributed by atoms with Crippen molar-refractivity contribution in [3.05, 3.63) is 44.8 Å². The average Bonchev–Trinajstić information content (AvgIpc) is 3.00. The fourth-order valence-corrected chi connectivity index (χ4v) is 3.72. The third-order valence-corrected chi connectivity index (χ3v) is 5.24. The summed E-state index contributed by atoms with van der Waals surface area (Å²) in [6.45, 7) is 1.99. The van der Waals surface area contributed by atoms with Crippen molar-refractivity contribution in [1.82, 2.24) is 19.7 Å². The first-order valence-corrected chi connectivity index (χ1v) is 8.43. The molecule has 2 heterocycles. The van der Waals surface area contributed by atoms with Crippen molar-refractivity contribution in [1.29, 1.82) is 0 Å². The minimum atomic E-state index is -3.65. The Morgan fingerprint density at radius 3 is 2.76 bits per heavy atom. The summed E-state index contributed by atoms with van der Waals surface area (Å²) in [4.78, 5) is 20.6. The third kappa shape index (κ3) is 2.89. The molecule has 0 atom stereocenters. The van der Waals surface area contributed by atoms with Gasteiger partial charge in [0, 0.05) is 11.1 Å². The molecule has 9 heteroatoms. The molecule has 3 aromatic rings. The van der Waals surface area contributed by atoms with E-state index in [1.807, 2.05) is 12.3 Å². The lowest BCUT2D eigenvalue weighted by Crippen LogP contribution is -2.23. The molecule has 0 fully saturated rings. The highest BCUT2D eigenvalue weighted by atomic mass is 32.2. The van der Waals surface area contributed by atoms with Crippen LogP contribution >= 0.6 is 11.3 Å². The van der Waals surface area contributed by atoms with E-state index in [0.717, 1.165) is 5.69 Å². The number of H-pyrrole nitrogens is 2. The Morgan fingerprint density at radius 2 is 2.05 bits per heavy atom. The second-order valence-corrected chi connectivity index (χ2v) is 7.20. The van der Waals surface area contributed by atoms with Crippen molar-refractivity contribution in [3.63, 3.8) is 0 Å². The van der Waals surface area contributed by atoms with E-state index in [0.29, 0.717) is 16.0 Å². The summed E-state index contributed by atoms with van der Waals surface area (Å²) in [5.41, 5.74) is 1.51. The molecule has 0 spiro atoms. The first kappa shape index (κ1) is 14.0. The minimum absolute atomic E-state index is 0.0959. The maximum Gasteiger partial charge on any atom is 0.323 e. The predicted molar refractivity (Wildman–Crippen MR) is 79.8 cm³/mol. The summed E-state index contributed by atoms with van der Waals surface area (Å²) in [5, 5.41) is 2.56. The number of nitrogens with zero attached hydrogens (tertiary/aromatic N) is 1. The zero-order valence-electron chi connectivity index (χ0n) is 11.0. The Labute approximate surface area is 124 Å². The lowest BCUT2D eigenvalue weighted by molar-refractivity contribution is 0.581. The molecule has 21 heavy (non-hydrogen) atoms. The second kappa shape index (κ2) is 5.10. The molecule has 0 radical (unpaired) electrons. The average molecular weight is 324 g/mol. The number of thiazole rings is 1. The molecule has 3 rings (SSSR count). The van der Waals surface area contributed by atoms with Crippen molar-refractivity contribution in [2.24, 2.45) is 0 Å². The molecule has 1 aromatic carbocycles. The van der Waals surface area contributed by atoms with Crippen molar-refractivity contribution >= 4 is 32.4 Å². The SMILES string of the molecule is Cc1csc(CNS(=O)(=O)c2ccc3[nH]c(=O)[nH]c3c2)n1. The molecule has 0 aliphatic rings. The summed E-state index contributed by atoms with van der Waals surface area (Å²) in [7, 11) is -3.65. The summed E-state index contributed by atoms with van der Waals surface area (Å²) in [6, 6.07) is 4.42. The van der Waals surface area contributed by atoms with Crippen LogP contribution in [0.4, 0.5) is 0 Å². The van der Waals surface area contributed by atoms with Gasteiger partial charge in [-0.2, -0.15) is 0 Å². The fraction of sp³-hybridized carbons (Fsp3) is 0.167. The van der Waals surface area contributed by atoms with Gasteiger partial charge in [0.2, 0.25) is 10.0 Å². The Bertz CT molecular complexity index is 952. The lowest BCUT2D eigenvalue weighted by atomic mass is 10.3. The van der Waals surface area contributed by atoms with Crippen molar-refractivity contribution < 1.29 is 8.42 Å². The van der Waals surface area contributed by atoms with Crippen LogP contribution in [0.3, 0.4) is 0 Å². The number of aromatic amines is 2. The van der Waals surface area contributed by atoms with E-state index in [-0.39, 0.29) is 17.1 Å². The molecule has 0 aliphatic heterocycles. The van der Waals surface area contributed by atoms with Gasteiger partial charge in [0.15, 0.2) is 0 Å². The van der Waals surface area contributed by atoms with Gasteiger partial charge < -0.3 is 9.97 Å². The molecule has 0 amide bonds. The van der Waals surface area contributed by atoms with Crippen LogP contribution in [-0.2, 0) is 16.6 Å². The van der Waals surface area contributed by atoms with E-state index in [1.165, 1.54) is 23.5 Å². The van der Waals surface area contributed by atoms with Gasteiger partial charge in [-0.15, -0.1) is 11.3 Å². The van der Waals surface area contributed by atoms with Gasteiger partial charge in [-0.05, 0) is 25.1 Å². The second-order valence-electron chi connectivity index (χ2n) is 4.49. The van der Waals surface area contributed by atoms with Crippen LogP contribution in [0.2, 0.25) is 0 Å². The van der Waals surface area contributed by atoms with Crippen LogP contribution in [0.5, 0.6) is 0 Å².